The Morgan fingerprint density at radius 1 is 1.04 bits per heavy atom. The predicted molar refractivity (Wildman–Crippen MR) is 101 cm³/mol. The van der Waals surface area contributed by atoms with E-state index in [1.165, 1.54) is 16.4 Å². The van der Waals surface area contributed by atoms with E-state index in [-0.39, 0.29) is 17.5 Å². The zero-order valence-electron chi connectivity index (χ0n) is 14.8. The number of carbonyl (C=O) groups is 1. The maximum absolute atomic E-state index is 13.5. The lowest BCUT2D eigenvalue weighted by Gasteiger charge is -2.24. The van der Waals surface area contributed by atoms with Gasteiger partial charge >= 0.3 is 0 Å². The lowest BCUT2D eigenvalue weighted by Crippen LogP contribution is -2.34. The molecule has 0 aliphatic carbocycles. The molecule has 0 aromatic heterocycles. The molecule has 1 unspecified atom stereocenters. The molecule has 0 saturated carbocycles. The van der Waals surface area contributed by atoms with Crippen molar-refractivity contribution in [1.29, 1.82) is 0 Å². The molecule has 142 valence electrons. The second kappa shape index (κ2) is 6.73. The summed E-state index contributed by atoms with van der Waals surface area (Å²) in [7, 11) is -3.44. The quantitative estimate of drug-likeness (QED) is 0.809. The molecular formula is C20H21FN2O3S. The minimum atomic E-state index is -3.44. The Bertz CT molecular complexity index is 964. The zero-order valence-corrected chi connectivity index (χ0v) is 15.7. The van der Waals surface area contributed by atoms with Crippen LogP contribution in [0, 0.1) is 11.2 Å². The molecule has 0 bridgehead atoms. The average molecular weight is 388 g/mol. The Balaban J connectivity index is 1.50. The molecule has 0 N–H and O–H groups in total. The molecular weight excluding hydrogens is 367 g/mol. The van der Waals surface area contributed by atoms with Gasteiger partial charge in [0.05, 0.1) is 5.75 Å². The summed E-state index contributed by atoms with van der Waals surface area (Å²) in [6.07, 6.45) is 0.930. The largest absolute Gasteiger partial charge is 0.312 e. The van der Waals surface area contributed by atoms with Gasteiger partial charge in [-0.25, -0.2) is 17.1 Å². The SMILES string of the molecule is O=C1CC2(CCN(S(=O)(=O)Cc3ccccc3)C2)CN1c1cccc(F)c1. The van der Waals surface area contributed by atoms with E-state index in [0.29, 0.717) is 38.2 Å². The van der Waals surface area contributed by atoms with Crippen LogP contribution in [0.3, 0.4) is 0 Å². The zero-order chi connectivity index (χ0) is 19.1. The molecule has 2 aromatic rings. The molecule has 27 heavy (non-hydrogen) atoms. The van der Waals surface area contributed by atoms with Crippen LogP contribution in [0.1, 0.15) is 18.4 Å². The Kier molecular flexibility index (Phi) is 4.52. The van der Waals surface area contributed by atoms with E-state index in [0.717, 1.165) is 5.56 Å². The number of nitrogens with zero attached hydrogens (tertiary/aromatic N) is 2. The number of anilines is 1. The molecule has 2 saturated heterocycles. The second-order valence-corrected chi connectivity index (χ2v) is 9.43. The number of sulfonamides is 1. The molecule has 0 radical (unpaired) electrons. The minimum absolute atomic E-state index is 0.0362. The van der Waals surface area contributed by atoms with Gasteiger partial charge in [0, 0.05) is 37.2 Å². The first-order valence-corrected chi connectivity index (χ1v) is 10.6. The van der Waals surface area contributed by atoms with Crippen LogP contribution in [0.4, 0.5) is 10.1 Å². The molecule has 1 amide bonds. The lowest BCUT2D eigenvalue weighted by molar-refractivity contribution is -0.117. The molecule has 2 aliphatic heterocycles. The van der Waals surface area contributed by atoms with E-state index in [9.17, 15) is 17.6 Å². The van der Waals surface area contributed by atoms with Crippen molar-refractivity contribution in [3.63, 3.8) is 0 Å². The van der Waals surface area contributed by atoms with E-state index in [4.69, 9.17) is 0 Å². The van der Waals surface area contributed by atoms with Gasteiger partial charge in [0.25, 0.3) is 0 Å². The standard InChI is InChI=1S/C20H21FN2O3S/c21-17-7-4-8-18(11-17)23-15-20(12-19(23)24)9-10-22(14-20)27(25,26)13-16-5-2-1-3-6-16/h1-8,11H,9-10,12-15H2. The Morgan fingerprint density at radius 2 is 1.81 bits per heavy atom. The van der Waals surface area contributed by atoms with E-state index in [2.05, 4.69) is 0 Å². The van der Waals surface area contributed by atoms with Gasteiger partial charge in [0.1, 0.15) is 5.82 Å². The third kappa shape index (κ3) is 3.61. The number of hydrogen-bond acceptors (Lipinski definition) is 3. The predicted octanol–water partition coefficient (Wildman–Crippen LogP) is 2.78. The van der Waals surface area contributed by atoms with Gasteiger partial charge in [-0.2, -0.15) is 0 Å². The first kappa shape index (κ1) is 18.1. The number of halogens is 1. The first-order chi connectivity index (χ1) is 12.9. The van der Waals surface area contributed by atoms with Crippen molar-refractivity contribution in [3.8, 4) is 0 Å². The van der Waals surface area contributed by atoms with Crippen LogP contribution in [0.5, 0.6) is 0 Å². The van der Waals surface area contributed by atoms with Crippen LogP contribution >= 0.6 is 0 Å². The topological polar surface area (TPSA) is 57.7 Å². The number of amides is 1. The van der Waals surface area contributed by atoms with Crippen LogP contribution in [0.2, 0.25) is 0 Å². The molecule has 1 spiro atoms. The van der Waals surface area contributed by atoms with Crippen LogP contribution in [0.25, 0.3) is 0 Å². The van der Waals surface area contributed by atoms with Crippen molar-refractivity contribution >= 4 is 21.6 Å². The average Bonchev–Trinajstić information content (AvgIpc) is 3.19. The monoisotopic (exact) mass is 388 g/mol. The fourth-order valence-corrected chi connectivity index (χ4v) is 5.69. The highest BCUT2D eigenvalue weighted by molar-refractivity contribution is 7.88. The van der Waals surface area contributed by atoms with Gasteiger partial charge in [-0.1, -0.05) is 36.4 Å². The first-order valence-electron chi connectivity index (χ1n) is 8.95. The number of carbonyl (C=O) groups excluding carboxylic acids is 1. The summed E-state index contributed by atoms with van der Waals surface area (Å²) < 4.78 is 40.6. The van der Waals surface area contributed by atoms with Crippen LogP contribution in [-0.2, 0) is 20.6 Å². The highest BCUT2D eigenvalue weighted by Gasteiger charge is 2.50. The summed E-state index contributed by atoms with van der Waals surface area (Å²) in [5, 5.41) is 0. The molecule has 5 nitrogen and oxygen atoms in total. The second-order valence-electron chi connectivity index (χ2n) is 7.46. The Morgan fingerprint density at radius 3 is 2.56 bits per heavy atom. The molecule has 4 rings (SSSR count). The summed E-state index contributed by atoms with van der Waals surface area (Å²) in [6.45, 7) is 1.17. The van der Waals surface area contributed by atoms with Gasteiger partial charge in [-0.05, 0) is 30.2 Å². The molecule has 2 heterocycles. The van der Waals surface area contributed by atoms with Crippen molar-refractivity contribution in [2.75, 3.05) is 24.5 Å². The smallest absolute Gasteiger partial charge is 0.227 e. The van der Waals surface area contributed by atoms with E-state index < -0.39 is 15.4 Å². The van der Waals surface area contributed by atoms with E-state index in [1.807, 2.05) is 18.2 Å². The number of rotatable bonds is 4. The van der Waals surface area contributed by atoms with Gasteiger partial charge in [-0.3, -0.25) is 4.79 Å². The van der Waals surface area contributed by atoms with Gasteiger partial charge in [0.15, 0.2) is 0 Å². The molecule has 2 aromatic carbocycles. The maximum Gasteiger partial charge on any atom is 0.227 e. The summed E-state index contributed by atoms with van der Waals surface area (Å²) in [5.74, 6) is -0.506. The highest BCUT2D eigenvalue weighted by Crippen LogP contribution is 2.42. The van der Waals surface area contributed by atoms with Crippen LogP contribution in [0.15, 0.2) is 54.6 Å². The van der Waals surface area contributed by atoms with Gasteiger partial charge in [-0.15, -0.1) is 0 Å². The van der Waals surface area contributed by atoms with E-state index in [1.54, 1.807) is 29.2 Å². The normalized spacial score (nSPS) is 23.4. The molecule has 7 heteroatoms. The third-order valence-corrected chi connectivity index (χ3v) is 7.23. The van der Waals surface area contributed by atoms with Crippen molar-refractivity contribution < 1.29 is 17.6 Å². The summed E-state index contributed by atoms with van der Waals surface area (Å²) >= 11 is 0. The molecule has 1 atom stereocenters. The van der Waals surface area contributed by atoms with E-state index >= 15 is 0 Å². The van der Waals surface area contributed by atoms with Crippen LogP contribution in [-0.4, -0.2) is 38.3 Å². The van der Waals surface area contributed by atoms with Gasteiger partial charge < -0.3 is 4.90 Å². The minimum Gasteiger partial charge on any atom is -0.312 e. The molecule has 2 aliphatic rings. The Hall–Kier alpha value is -2.25. The van der Waals surface area contributed by atoms with Crippen LogP contribution < -0.4 is 4.90 Å². The maximum atomic E-state index is 13.5. The van der Waals surface area contributed by atoms with Gasteiger partial charge in [0.2, 0.25) is 15.9 Å². The van der Waals surface area contributed by atoms with Crippen molar-refractivity contribution in [1.82, 2.24) is 4.31 Å². The third-order valence-electron chi connectivity index (χ3n) is 5.43. The summed E-state index contributed by atoms with van der Waals surface area (Å²) in [4.78, 5) is 14.1. The molecule has 2 fully saturated rings. The number of benzene rings is 2. The number of hydrogen-bond donors (Lipinski definition) is 0. The summed E-state index contributed by atoms with van der Waals surface area (Å²) in [5.41, 5.74) is 0.887. The van der Waals surface area contributed by atoms with Crippen molar-refractivity contribution in [2.24, 2.45) is 5.41 Å². The summed E-state index contributed by atoms with van der Waals surface area (Å²) in [6, 6.07) is 15.1. The fraction of sp³-hybridized carbons (Fsp3) is 0.350. The Labute approximate surface area is 158 Å². The van der Waals surface area contributed by atoms with Crippen molar-refractivity contribution in [2.45, 2.75) is 18.6 Å². The lowest BCUT2D eigenvalue weighted by atomic mass is 9.86. The van der Waals surface area contributed by atoms with Crippen molar-refractivity contribution in [3.05, 3.63) is 66.0 Å². The highest BCUT2D eigenvalue weighted by atomic mass is 32.2. The fourth-order valence-electron chi connectivity index (χ4n) is 4.06.